The van der Waals surface area contributed by atoms with Crippen molar-refractivity contribution in [1.29, 1.82) is 0 Å². The lowest BCUT2D eigenvalue weighted by molar-refractivity contribution is -0.110. The highest BCUT2D eigenvalue weighted by molar-refractivity contribution is 5.51. The lowest BCUT2D eigenvalue weighted by Crippen LogP contribution is -2.56. The summed E-state index contributed by atoms with van der Waals surface area (Å²) in [6.07, 6.45) is 2.90. The van der Waals surface area contributed by atoms with Crippen LogP contribution in [0.25, 0.3) is 0 Å². The van der Waals surface area contributed by atoms with Crippen molar-refractivity contribution in [1.82, 2.24) is 0 Å². The van der Waals surface area contributed by atoms with Gasteiger partial charge in [0.25, 0.3) is 0 Å². The molecule has 0 radical (unpaired) electrons. The Bertz CT molecular complexity index is 585. The topological polar surface area (TPSA) is 69.9 Å². The minimum atomic E-state index is -0.486. The van der Waals surface area contributed by atoms with Crippen LogP contribution in [0.4, 0.5) is 0 Å². The minimum absolute atomic E-state index is 0.00804. The molecule has 0 heterocycles. The van der Waals surface area contributed by atoms with Crippen molar-refractivity contribution in [2.24, 2.45) is 11.3 Å². The Morgan fingerprint density at radius 3 is 2.64 bits per heavy atom. The van der Waals surface area contributed by atoms with Gasteiger partial charge in [-0.15, -0.1) is 0 Å². The third kappa shape index (κ3) is 1.97. The van der Waals surface area contributed by atoms with Gasteiger partial charge in [-0.2, -0.15) is 0 Å². The van der Waals surface area contributed by atoms with Crippen molar-refractivity contribution >= 4 is 0 Å². The summed E-state index contributed by atoms with van der Waals surface area (Å²) in [6.45, 7) is 4.20. The number of hydrogen-bond acceptors (Lipinski definition) is 4. The number of phenolic OH excluding ortho intramolecular Hbond substituents is 1. The summed E-state index contributed by atoms with van der Waals surface area (Å²) in [5.41, 5.74) is 1.74. The van der Waals surface area contributed by atoms with E-state index in [-0.39, 0.29) is 23.7 Å². The van der Waals surface area contributed by atoms with Crippen LogP contribution in [0.15, 0.2) is 12.1 Å². The van der Waals surface area contributed by atoms with E-state index in [1.54, 1.807) is 7.11 Å². The average molecular weight is 306 g/mol. The van der Waals surface area contributed by atoms with E-state index in [0.717, 1.165) is 24.8 Å². The zero-order chi connectivity index (χ0) is 16.1. The molecule has 122 valence electrons. The molecule has 1 saturated carbocycles. The number of hydrogen-bond donors (Lipinski definition) is 3. The van der Waals surface area contributed by atoms with E-state index in [0.29, 0.717) is 12.2 Å². The maximum absolute atomic E-state index is 10.4. The van der Waals surface area contributed by atoms with Crippen LogP contribution < -0.4 is 4.74 Å². The van der Waals surface area contributed by atoms with E-state index in [4.69, 9.17) is 4.74 Å². The molecule has 2 aliphatic rings. The van der Waals surface area contributed by atoms with Crippen LogP contribution >= 0.6 is 0 Å². The molecule has 0 bridgehead atoms. The number of benzene rings is 1. The highest BCUT2D eigenvalue weighted by Crippen LogP contribution is 2.58. The van der Waals surface area contributed by atoms with Crippen LogP contribution in [-0.2, 0) is 11.8 Å². The number of aliphatic hydroxyl groups is 2. The Labute approximate surface area is 131 Å². The Hall–Kier alpha value is -1.26. The van der Waals surface area contributed by atoms with Gasteiger partial charge in [-0.25, -0.2) is 0 Å². The van der Waals surface area contributed by atoms with Crippen molar-refractivity contribution in [3.05, 3.63) is 23.3 Å². The Balaban J connectivity index is 2.12. The lowest BCUT2D eigenvalue weighted by atomic mass is 9.49. The number of aryl methyl sites for hydroxylation is 1. The minimum Gasteiger partial charge on any atom is -0.504 e. The largest absolute Gasteiger partial charge is 0.504 e. The van der Waals surface area contributed by atoms with Crippen molar-refractivity contribution in [2.45, 2.75) is 51.0 Å². The number of methoxy groups -OCH3 is 1. The first kappa shape index (κ1) is 15.6. The van der Waals surface area contributed by atoms with Gasteiger partial charge in [0.05, 0.1) is 19.8 Å². The maximum atomic E-state index is 10.4. The molecule has 4 heteroatoms. The number of aliphatic hydroxyl groups excluding tert-OH is 2. The fraction of sp³-hybridized carbons (Fsp3) is 0.667. The van der Waals surface area contributed by atoms with E-state index in [1.165, 1.54) is 5.56 Å². The second kappa shape index (κ2) is 5.14. The molecule has 0 unspecified atom stereocenters. The van der Waals surface area contributed by atoms with Crippen LogP contribution in [0.2, 0.25) is 0 Å². The predicted molar refractivity (Wildman–Crippen MR) is 84.3 cm³/mol. The number of ether oxygens (including phenoxy) is 1. The highest BCUT2D eigenvalue weighted by Gasteiger charge is 2.55. The van der Waals surface area contributed by atoms with Crippen LogP contribution in [0, 0.1) is 11.3 Å². The molecule has 4 nitrogen and oxygen atoms in total. The molecule has 1 fully saturated rings. The van der Waals surface area contributed by atoms with Crippen LogP contribution in [0.5, 0.6) is 11.5 Å². The van der Waals surface area contributed by atoms with Gasteiger partial charge in [0.1, 0.15) is 0 Å². The summed E-state index contributed by atoms with van der Waals surface area (Å²) >= 11 is 0. The van der Waals surface area contributed by atoms with Crippen molar-refractivity contribution < 1.29 is 20.1 Å². The molecule has 0 saturated heterocycles. The van der Waals surface area contributed by atoms with Gasteiger partial charge in [-0.3, -0.25) is 0 Å². The van der Waals surface area contributed by atoms with Crippen molar-refractivity contribution in [2.75, 3.05) is 13.7 Å². The molecule has 0 aromatic heterocycles. The molecule has 1 aromatic rings. The molecule has 1 aromatic carbocycles. The van der Waals surface area contributed by atoms with Gasteiger partial charge >= 0.3 is 0 Å². The third-order valence-electron chi connectivity index (χ3n) is 6.33. The highest BCUT2D eigenvalue weighted by atomic mass is 16.5. The predicted octanol–water partition coefficient (Wildman–Crippen LogP) is 2.37. The number of fused-ring (bicyclic) bond motifs is 3. The first-order valence-electron chi connectivity index (χ1n) is 8.06. The summed E-state index contributed by atoms with van der Waals surface area (Å²) in [5, 5.41) is 30.6. The smallest absolute Gasteiger partial charge is 0.160 e. The Morgan fingerprint density at radius 2 is 2.00 bits per heavy atom. The van der Waals surface area contributed by atoms with E-state index >= 15 is 0 Å². The molecule has 0 aliphatic heterocycles. The molecular weight excluding hydrogens is 280 g/mol. The standard InChI is InChI=1S/C18H26O4/c1-17-7-6-16(21)18(2,10-19)15(17)5-4-11-8-14(22-3)13(20)9-12(11)17/h8-9,15-16,19-21H,4-7,10H2,1-3H3/t15-,16+,17-,18+/m1/s1. The van der Waals surface area contributed by atoms with E-state index in [2.05, 4.69) is 6.92 Å². The van der Waals surface area contributed by atoms with Crippen LogP contribution in [-0.4, -0.2) is 35.1 Å². The normalized spacial score (nSPS) is 37.3. The fourth-order valence-corrected chi connectivity index (χ4v) is 4.90. The van der Waals surface area contributed by atoms with Gasteiger partial charge in [0.15, 0.2) is 11.5 Å². The lowest BCUT2D eigenvalue weighted by Gasteiger charge is -2.56. The van der Waals surface area contributed by atoms with Crippen LogP contribution in [0.1, 0.15) is 44.2 Å². The summed E-state index contributed by atoms with van der Waals surface area (Å²) < 4.78 is 5.23. The number of rotatable bonds is 2. The van der Waals surface area contributed by atoms with E-state index in [1.807, 2.05) is 19.1 Å². The first-order chi connectivity index (χ1) is 10.4. The van der Waals surface area contributed by atoms with Gasteiger partial charge in [-0.1, -0.05) is 13.8 Å². The zero-order valence-electron chi connectivity index (χ0n) is 13.6. The maximum Gasteiger partial charge on any atom is 0.160 e. The van der Waals surface area contributed by atoms with Gasteiger partial charge in [-0.05, 0) is 60.3 Å². The number of aromatic hydroxyl groups is 1. The monoisotopic (exact) mass is 306 g/mol. The van der Waals surface area contributed by atoms with E-state index in [9.17, 15) is 15.3 Å². The molecule has 3 N–H and O–H groups in total. The zero-order valence-corrected chi connectivity index (χ0v) is 13.6. The molecule has 0 amide bonds. The quantitative estimate of drug-likeness (QED) is 0.784. The summed E-state index contributed by atoms with van der Waals surface area (Å²) in [6, 6.07) is 3.77. The van der Waals surface area contributed by atoms with Crippen molar-refractivity contribution in [3.8, 4) is 11.5 Å². The average Bonchev–Trinajstić information content (AvgIpc) is 2.51. The third-order valence-corrected chi connectivity index (χ3v) is 6.33. The second-order valence-corrected chi connectivity index (χ2v) is 7.41. The fourth-order valence-electron chi connectivity index (χ4n) is 4.90. The Morgan fingerprint density at radius 1 is 1.27 bits per heavy atom. The van der Waals surface area contributed by atoms with E-state index < -0.39 is 11.5 Å². The van der Waals surface area contributed by atoms with Gasteiger partial charge in [0.2, 0.25) is 0 Å². The first-order valence-corrected chi connectivity index (χ1v) is 8.06. The molecule has 22 heavy (non-hydrogen) atoms. The number of phenols is 1. The van der Waals surface area contributed by atoms with Crippen LogP contribution in [0.3, 0.4) is 0 Å². The van der Waals surface area contributed by atoms with Gasteiger partial charge < -0.3 is 20.1 Å². The molecule has 0 spiro atoms. The SMILES string of the molecule is COc1cc2c(cc1O)[C@@]1(C)CC[C@H](O)[C@@](C)(CO)[C@@H]1CC2. The summed E-state index contributed by atoms with van der Waals surface area (Å²) in [4.78, 5) is 0. The molecule has 2 aliphatic carbocycles. The summed E-state index contributed by atoms with van der Waals surface area (Å²) in [5.74, 6) is 0.885. The molecular formula is C18H26O4. The van der Waals surface area contributed by atoms with Gasteiger partial charge in [0, 0.05) is 5.41 Å². The van der Waals surface area contributed by atoms with Crippen molar-refractivity contribution in [3.63, 3.8) is 0 Å². The molecule has 3 rings (SSSR count). The molecule has 4 atom stereocenters. The Kier molecular flexibility index (Phi) is 3.65. The summed E-state index contributed by atoms with van der Waals surface area (Å²) in [7, 11) is 1.56. The second-order valence-electron chi connectivity index (χ2n) is 7.41.